The van der Waals surface area contributed by atoms with E-state index in [2.05, 4.69) is 17.2 Å². The summed E-state index contributed by atoms with van der Waals surface area (Å²) in [7, 11) is 0. The van der Waals surface area contributed by atoms with Gasteiger partial charge in [-0.15, -0.1) is 11.3 Å². The van der Waals surface area contributed by atoms with Crippen LogP contribution in [0, 0.1) is 5.92 Å². The van der Waals surface area contributed by atoms with Crippen LogP contribution in [0.15, 0.2) is 6.20 Å². The van der Waals surface area contributed by atoms with E-state index >= 15 is 0 Å². The third-order valence-electron chi connectivity index (χ3n) is 3.43. The fourth-order valence-corrected chi connectivity index (χ4v) is 2.69. The third kappa shape index (κ3) is 4.30. The van der Waals surface area contributed by atoms with Crippen molar-refractivity contribution in [1.82, 2.24) is 10.3 Å². The van der Waals surface area contributed by atoms with Crippen molar-refractivity contribution in [2.75, 3.05) is 0 Å². The maximum Gasteiger partial charge on any atom is 0.305 e. The van der Waals surface area contributed by atoms with Crippen LogP contribution in [0.25, 0.3) is 0 Å². The first-order valence-corrected chi connectivity index (χ1v) is 7.59. The number of aliphatic carboxylic acids is 1. The SMILES string of the molecule is CCCc1ncc(C(=O)NC(C)(CC(=O)O)C(C)C)s1. The van der Waals surface area contributed by atoms with Gasteiger partial charge in [0.1, 0.15) is 4.88 Å². The minimum Gasteiger partial charge on any atom is -0.481 e. The fraction of sp³-hybridized carbons (Fsp3) is 0.643. The summed E-state index contributed by atoms with van der Waals surface area (Å²) in [6.07, 6.45) is 3.30. The first-order valence-electron chi connectivity index (χ1n) is 6.77. The number of carbonyl (C=O) groups is 2. The van der Waals surface area contributed by atoms with Crippen molar-refractivity contribution in [2.45, 2.75) is 52.5 Å². The van der Waals surface area contributed by atoms with Gasteiger partial charge in [-0.1, -0.05) is 20.8 Å². The molecule has 0 radical (unpaired) electrons. The van der Waals surface area contributed by atoms with Crippen molar-refractivity contribution < 1.29 is 14.7 Å². The van der Waals surface area contributed by atoms with Crippen LogP contribution in [0.5, 0.6) is 0 Å². The molecule has 1 rings (SSSR count). The van der Waals surface area contributed by atoms with E-state index in [1.165, 1.54) is 11.3 Å². The minimum absolute atomic E-state index is 0.0191. The van der Waals surface area contributed by atoms with Gasteiger partial charge in [-0.05, 0) is 25.7 Å². The number of hydrogen-bond acceptors (Lipinski definition) is 4. The van der Waals surface area contributed by atoms with Crippen LogP contribution in [0.4, 0.5) is 0 Å². The highest BCUT2D eigenvalue weighted by Crippen LogP contribution is 2.23. The summed E-state index contributed by atoms with van der Waals surface area (Å²) in [4.78, 5) is 27.9. The summed E-state index contributed by atoms with van der Waals surface area (Å²) in [5.41, 5.74) is -0.766. The topological polar surface area (TPSA) is 79.3 Å². The second-order valence-electron chi connectivity index (χ2n) is 5.47. The third-order valence-corrected chi connectivity index (χ3v) is 4.49. The van der Waals surface area contributed by atoms with Crippen molar-refractivity contribution in [3.63, 3.8) is 0 Å². The predicted molar refractivity (Wildman–Crippen MR) is 79.1 cm³/mol. The van der Waals surface area contributed by atoms with Crippen molar-refractivity contribution >= 4 is 23.2 Å². The summed E-state index contributed by atoms with van der Waals surface area (Å²) >= 11 is 1.37. The maximum absolute atomic E-state index is 12.2. The van der Waals surface area contributed by atoms with Gasteiger partial charge >= 0.3 is 5.97 Å². The monoisotopic (exact) mass is 298 g/mol. The normalized spacial score (nSPS) is 14.1. The molecule has 0 saturated heterocycles. The molecule has 1 aromatic rings. The fourth-order valence-electron chi connectivity index (χ4n) is 1.77. The summed E-state index contributed by atoms with van der Waals surface area (Å²) < 4.78 is 0. The number of nitrogens with one attached hydrogen (secondary N) is 1. The molecular weight excluding hydrogens is 276 g/mol. The number of aryl methyl sites for hydroxylation is 1. The van der Waals surface area contributed by atoms with Crippen LogP contribution >= 0.6 is 11.3 Å². The number of carbonyl (C=O) groups excluding carboxylic acids is 1. The van der Waals surface area contributed by atoms with Gasteiger partial charge < -0.3 is 10.4 Å². The molecule has 0 aliphatic carbocycles. The Hall–Kier alpha value is -1.43. The van der Waals surface area contributed by atoms with Gasteiger partial charge in [-0.25, -0.2) is 4.98 Å². The molecule has 5 nitrogen and oxygen atoms in total. The Morgan fingerprint density at radius 3 is 2.65 bits per heavy atom. The first-order chi connectivity index (χ1) is 9.28. The number of aromatic nitrogens is 1. The van der Waals surface area contributed by atoms with E-state index in [1.54, 1.807) is 13.1 Å². The zero-order valence-electron chi connectivity index (χ0n) is 12.4. The van der Waals surface area contributed by atoms with Crippen LogP contribution < -0.4 is 5.32 Å². The van der Waals surface area contributed by atoms with E-state index in [0.29, 0.717) is 4.88 Å². The van der Waals surface area contributed by atoms with Crippen molar-refractivity contribution in [3.05, 3.63) is 16.1 Å². The van der Waals surface area contributed by atoms with Crippen molar-refractivity contribution in [1.29, 1.82) is 0 Å². The molecule has 0 fully saturated rings. The molecule has 1 aromatic heterocycles. The lowest BCUT2D eigenvalue weighted by molar-refractivity contribution is -0.138. The van der Waals surface area contributed by atoms with Crippen LogP contribution in [0.1, 0.15) is 55.2 Å². The van der Waals surface area contributed by atoms with Gasteiger partial charge in [0.15, 0.2) is 0 Å². The molecule has 20 heavy (non-hydrogen) atoms. The highest BCUT2D eigenvalue weighted by atomic mass is 32.1. The molecule has 0 saturated carbocycles. The van der Waals surface area contributed by atoms with Crippen LogP contribution in [-0.4, -0.2) is 27.5 Å². The molecule has 0 aliphatic heterocycles. The summed E-state index contributed by atoms with van der Waals surface area (Å²) in [5.74, 6) is -1.15. The Kier molecular flexibility index (Phi) is 5.68. The van der Waals surface area contributed by atoms with E-state index < -0.39 is 11.5 Å². The number of amides is 1. The second-order valence-corrected chi connectivity index (χ2v) is 6.58. The molecular formula is C14H22N2O3S. The van der Waals surface area contributed by atoms with E-state index in [-0.39, 0.29) is 18.2 Å². The summed E-state index contributed by atoms with van der Waals surface area (Å²) in [6.45, 7) is 7.62. The molecule has 0 bridgehead atoms. The van der Waals surface area contributed by atoms with Crippen LogP contribution in [0.2, 0.25) is 0 Å². The Morgan fingerprint density at radius 2 is 2.15 bits per heavy atom. The number of thiazole rings is 1. The van der Waals surface area contributed by atoms with Crippen LogP contribution in [-0.2, 0) is 11.2 Å². The molecule has 0 aliphatic rings. The molecule has 112 valence electrons. The van der Waals surface area contributed by atoms with Gasteiger partial charge in [0.05, 0.1) is 23.2 Å². The average molecular weight is 298 g/mol. The number of rotatable bonds is 7. The predicted octanol–water partition coefficient (Wildman–Crippen LogP) is 2.71. The molecule has 1 unspecified atom stereocenters. The number of hydrogen-bond donors (Lipinski definition) is 2. The molecule has 2 N–H and O–H groups in total. The summed E-state index contributed by atoms with van der Waals surface area (Å²) in [5, 5.41) is 12.8. The second kappa shape index (κ2) is 6.83. The average Bonchev–Trinajstić information content (AvgIpc) is 2.76. The van der Waals surface area contributed by atoms with E-state index in [4.69, 9.17) is 5.11 Å². The lowest BCUT2D eigenvalue weighted by Crippen LogP contribution is -2.51. The number of carboxylic acid groups (broad SMARTS) is 1. The molecule has 1 amide bonds. The molecule has 1 heterocycles. The van der Waals surface area contributed by atoms with E-state index in [0.717, 1.165) is 17.8 Å². The van der Waals surface area contributed by atoms with Gasteiger partial charge in [0, 0.05) is 0 Å². The van der Waals surface area contributed by atoms with Gasteiger partial charge in [0.2, 0.25) is 0 Å². The number of nitrogens with zero attached hydrogens (tertiary/aromatic N) is 1. The molecule has 0 aromatic carbocycles. The Balaban J connectivity index is 2.82. The Labute approximate surface area is 123 Å². The van der Waals surface area contributed by atoms with Gasteiger partial charge in [-0.2, -0.15) is 0 Å². The molecule has 0 spiro atoms. The van der Waals surface area contributed by atoms with Crippen molar-refractivity contribution in [3.8, 4) is 0 Å². The van der Waals surface area contributed by atoms with E-state index in [9.17, 15) is 9.59 Å². The van der Waals surface area contributed by atoms with Crippen molar-refractivity contribution in [2.24, 2.45) is 5.92 Å². The first kappa shape index (κ1) is 16.6. The lowest BCUT2D eigenvalue weighted by Gasteiger charge is -2.33. The molecule has 1 atom stereocenters. The van der Waals surface area contributed by atoms with Crippen LogP contribution in [0.3, 0.4) is 0 Å². The Morgan fingerprint density at radius 1 is 1.50 bits per heavy atom. The van der Waals surface area contributed by atoms with E-state index in [1.807, 2.05) is 13.8 Å². The highest BCUT2D eigenvalue weighted by Gasteiger charge is 2.33. The molecule has 6 heteroatoms. The van der Waals surface area contributed by atoms with Gasteiger partial charge in [-0.3, -0.25) is 9.59 Å². The maximum atomic E-state index is 12.2. The quantitative estimate of drug-likeness (QED) is 0.811. The Bertz CT molecular complexity index is 485. The summed E-state index contributed by atoms with van der Waals surface area (Å²) in [6, 6.07) is 0. The lowest BCUT2D eigenvalue weighted by atomic mass is 9.85. The van der Waals surface area contributed by atoms with Gasteiger partial charge in [0.25, 0.3) is 5.91 Å². The number of carboxylic acids is 1. The standard InChI is InChI=1S/C14H22N2O3S/c1-5-6-11-15-8-10(20-11)13(19)16-14(4,9(2)3)7-12(17)18/h8-9H,5-7H2,1-4H3,(H,16,19)(H,17,18). The minimum atomic E-state index is -0.919. The highest BCUT2D eigenvalue weighted by molar-refractivity contribution is 7.13. The zero-order chi connectivity index (χ0) is 15.3. The zero-order valence-corrected chi connectivity index (χ0v) is 13.2. The largest absolute Gasteiger partial charge is 0.481 e. The smallest absolute Gasteiger partial charge is 0.305 e.